The number of halogens is 1. The van der Waals surface area contributed by atoms with E-state index in [4.69, 9.17) is 31.2 Å². The van der Waals surface area contributed by atoms with Crippen LogP contribution in [0.25, 0.3) is 0 Å². The van der Waals surface area contributed by atoms with Gasteiger partial charge in [0.1, 0.15) is 23.4 Å². The summed E-state index contributed by atoms with van der Waals surface area (Å²) in [7, 11) is 1.37. The Morgan fingerprint density at radius 2 is 2.23 bits per heavy atom. The van der Waals surface area contributed by atoms with Gasteiger partial charge in [0.25, 0.3) is 5.91 Å². The summed E-state index contributed by atoms with van der Waals surface area (Å²) in [5, 5.41) is 9.08. The summed E-state index contributed by atoms with van der Waals surface area (Å²) in [6, 6.07) is 6.29. The van der Waals surface area contributed by atoms with Crippen LogP contribution in [0.1, 0.15) is 12.0 Å². The van der Waals surface area contributed by atoms with Crippen molar-refractivity contribution >= 4 is 28.8 Å². The van der Waals surface area contributed by atoms with E-state index in [2.05, 4.69) is 20.9 Å². The number of nitrogens with zero attached hydrogens (tertiary/aromatic N) is 1. The van der Waals surface area contributed by atoms with Gasteiger partial charge in [-0.2, -0.15) is 0 Å². The second kappa shape index (κ2) is 11.9. The zero-order valence-electron chi connectivity index (χ0n) is 19.3. The number of ether oxygens (including phenoxy) is 4. The van der Waals surface area contributed by atoms with Gasteiger partial charge in [0.15, 0.2) is 11.6 Å². The number of hydrogen-bond acceptors (Lipinski definition) is 8. The normalized spacial score (nSPS) is 18.0. The first-order valence-electron chi connectivity index (χ1n) is 11.2. The Kier molecular flexibility index (Phi) is 8.45. The molecule has 2 aromatic rings. The third-order valence-electron chi connectivity index (χ3n) is 5.51. The molecule has 35 heavy (non-hydrogen) atoms. The fourth-order valence-electron chi connectivity index (χ4n) is 3.77. The lowest BCUT2D eigenvalue weighted by atomic mass is 10.1. The smallest absolute Gasteiger partial charge is 0.256 e. The summed E-state index contributed by atoms with van der Waals surface area (Å²) in [4.78, 5) is 17.0. The molecule has 9 nitrogen and oxygen atoms in total. The first-order chi connectivity index (χ1) is 17.1. The molecular formula is C24H27FN4O5S. The van der Waals surface area contributed by atoms with Gasteiger partial charge in [-0.1, -0.05) is 18.3 Å². The molecule has 2 aliphatic heterocycles. The Balaban J connectivity index is 1.48. The van der Waals surface area contributed by atoms with Gasteiger partial charge in [-0.3, -0.25) is 9.78 Å². The molecule has 0 spiro atoms. The standard InChI is InChI=1S/C24H27FN4O5S/c1-31-22-17(25)3-2-4-19(22)29-24(35)21-18(6-8-27-23(21)30)28-11-15-5-7-26-12-20(15)34-14-16-13-32-9-10-33-16/h2-5,7,12,16,28H,6,8-11,13-14H2,1H3,(H,27,30)(H,29,35). The molecule has 0 saturated carbocycles. The van der Waals surface area contributed by atoms with Crippen LogP contribution >= 0.6 is 12.2 Å². The van der Waals surface area contributed by atoms with E-state index in [9.17, 15) is 9.18 Å². The molecule has 1 fully saturated rings. The zero-order valence-corrected chi connectivity index (χ0v) is 20.1. The van der Waals surface area contributed by atoms with Crippen LogP contribution < -0.4 is 25.4 Å². The predicted molar refractivity (Wildman–Crippen MR) is 131 cm³/mol. The molecule has 186 valence electrons. The Morgan fingerprint density at radius 1 is 1.34 bits per heavy atom. The van der Waals surface area contributed by atoms with Crippen LogP contribution in [-0.2, 0) is 20.8 Å². The van der Waals surface area contributed by atoms with Crippen molar-refractivity contribution < 1.29 is 28.1 Å². The molecule has 1 aromatic heterocycles. The lowest BCUT2D eigenvalue weighted by Crippen LogP contribution is -2.39. The summed E-state index contributed by atoms with van der Waals surface area (Å²) < 4.78 is 36.2. The number of anilines is 1. The number of carbonyl (C=O) groups excluding carboxylic acids is 1. The zero-order chi connectivity index (χ0) is 24.6. The van der Waals surface area contributed by atoms with Gasteiger partial charge >= 0.3 is 0 Å². The van der Waals surface area contributed by atoms with Crippen LogP contribution in [0.15, 0.2) is 47.9 Å². The van der Waals surface area contributed by atoms with E-state index in [1.807, 2.05) is 6.07 Å². The molecule has 1 unspecified atom stereocenters. The summed E-state index contributed by atoms with van der Waals surface area (Å²) in [6.07, 6.45) is 3.74. The minimum Gasteiger partial charge on any atom is -0.492 e. The van der Waals surface area contributed by atoms with Crippen molar-refractivity contribution in [2.45, 2.75) is 19.1 Å². The molecule has 3 heterocycles. The number of aromatic nitrogens is 1. The summed E-state index contributed by atoms with van der Waals surface area (Å²) in [6.45, 7) is 2.82. The molecule has 1 atom stereocenters. The minimum atomic E-state index is -0.531. The molecule has 2 aliphatic rings. The molecule has 11 heteroatoms. The number of para-hydroxylation sites is 1. The number of rotatable bonds is 9. The summed E-state index contributed by atoms with van der Waals surface area (Å²) >= 11 is 5.52. The van der Waals surface area contributed by atoms with E-state index in [0.29, 0.717) is 68.6 Å². The molecule has 1 aromatic carbocycles. The third kappa shape index (κ3) is 6.24. The maximum Gasteiger partial charge on any atom is 0.256 e. The van der Waals surface area contributed by atoms with Crippen LogP contribution in [0.5, 0.6) is 11.5 Å². The largest absolute Gasteiger partial charge is 0.492 e. The molecule has 4 rings (SSSR count). The summed E-state index contributed by atoms with van der Waals surface area (Å²) in [5.74, 6) is -0.211. The van der Waals surface area contributed by atoms with Crippen molar-refractivity contribution in [3.8, 4) is 11.5 Å². The van der Waals surface area contributed by atoms with E-state index < -0.39 is 5.82 Å². The van der Waals surface area contributed by atoms with Crippen LogP contribution in [0.4, 0.5) is 10.1 Å². The van der Waals surface area contributed by atoms with Gasteiger partial charge < -0.3 is 34.9 Å². The van der Waals surface area contributed by atoms with Crippen LogP contribution in [-0.4, -0.2) is 62.1 Å². The molecular weight excluding hydrogens is 475 g/mol. The Bertz CT molecular complexity index is 1110. The first-order valence-corrected chi connectivity index (χ1v) is 11.6. The highest BCUT2D eigenvalue weighted by atomic mass is 32.1. The highest BCUT2D eigenvalue weighted by molar-refractivity contribution is 7.81. The summed E-state index contributed by atoms with van der Waals surface area (Å²) in [5.41, 5.74) is 2.16. The lowest BCUT2D eigenvalue weighted by molar-refractivity contribution is -0.117. The Labute approximate surface area is 208 Å². The second-order valence-electron chi connectivity index (χ2n) is 7.85. The van der Waals surface area contributed by atoms with Crippen LogP contribution in [0, 0.1) is 5.82 Å². The number of methoxy groups -OCH3 is 1. The average molecular weight is 503 g/mol. The van der Waals surface area contributed by atoms with E-state index in [0.717, 1.165) is 5.56 Å². The van der Waals surface area contributed by atoms with E-state index >= 15 is 0 Å². The monoisotopic (exact) mass is 502 g/mol. The van der Waals surface area contributed by atoms with Gasteiger partial charge in [0, 0.05) is 37.0 Å². The van der Waals surface area contributed by atoms with Crippen molar-refractivity contribution in [3.63, 3.8) is 0 Å². The molecule has 0 radical (unpaired) electrons. The van der Waals surface area contributed by atoms with E-state index in [1.165, 1.54) is 19.2 Å². The maximum atomic E-state index is 14.1. The first kappa shape index (κ1) is 24.8. The molecule has 1 amide bonds. The number of hydrogen-bond donors (Lipinski definition) is 3. The molecule has 1 saturated heterocycles. The van der Waals surface area contributed by atoms with Crippen molar-refractivity contribution in [2.24, 2.45) is 0 Å². The fraction of sp³-hybridized carbons (Fsp3) is 0.375. The number of nitrogens with one attached hydrogen (secondary N) is 3. The Hall–Kier alpha value is -3.28. The van der Waals surface area contributed by atoms with Gasteiger partial charge in [-0.05, 0) is 18.2 Å². The van der Waals surface area contributed by atoms with Crippen molar-refractivity contribution in [1.29, 1.82) is 0 Å². The number of pyridine rings is 1. The highest BCUT2D eigenvalue weighted by Gasteiger charge is 2.25. The van der Waals surface area contributed by atoms with Gasteiger partial charge in [-0.15, -0.1) is 0 Å². The van der Waals surface area contributed by atoms with Crippen molar-refractivity contribution in [1.82, 2.24) is 15.6 Å². The van der Waals surface area contributed by atoms with E-state index in [1.54, 1.807) is 18.5 Å². The topological polar surface area (TPSA) is 103 Å². The average Bonchev–Trinajstić information content (AvgIpc) is 2.87. The molecule has 0 bridgehead atoms. The van der Waals surface area contributed by atoms with E-state index in [-0.39, 0.29) is 22.7 Å². The van der Waals surface area contributed by atoms with Crippen molar-refractivity contribution in [2.75, 3.05) is 45.4 Å². The lowest BCUT2D eigenvalue weighted by Gasteiger charge is -2.25. The van der Waals surface area contributed by atoms with Crippen LogP contribution in [0.2, 0.25) is 0 Å². The number of benzene rings is 1. The molecule has 3 N–H and O–H groups in total. The minimum absolute atomic E-state index is 0.0205. The SMILES string of the molecule is COc1c(F)cccc1NC(=S)C1=C(NCc2ccncc2OCC2COCCO2)CCNC1=O. The second-order valence-corrected chi connectivity index (χ2v) is 8.26. The quantitative estimate of drug-likeness (QED) is 0.446. The highest BCUT2D eigenvalue weighted by Crippen LogP contribution is 2.28. The van der Waals surface area contributed by atoms with Gasteiger partial charge in [-0.25, -0.2) is 4.39 Å². The third-order valence-corrected chi connectivity index (χ3v) is 5.81. The number of carbonyl (C=O) groups is 1. The maximum absolute atomic E-state index is 14.1. The Morgan fingerprint density at radius 3 is 3.03 bits per heavy atom. The van der Waals surface area contributed by atoms with Crippen molar-refractivity contribution in [3.05, 3.63) is 59.3 Å². The van der Waals surface area contributed by atoms with Gasteiger partial charge in [0.05, 0.1) is 44.4 Å². The molecule has 0 aliphatic carbocycles. The van der Waals surface area contributed by atoms with Gasteiger partial charge in [0.2, 0.25) is 0 Å². The number of thiocarbonyl (C=S) groups is 1. The fourth-order valence-corrected chi connectivity index (χ4v) is 4.10. The predicted octanol–water partition coefficient (Wildman–Crippen LogP) is 2.33. The van der Waals surface area contributed by atoms with Crippen LogP contribution in [0.3, 0.4) is 0 Å². The number of amides is 1.